The predicted molar refractivity (Wildman–Crippen MR) is 117 cm³/mol. The normalized spacial score (nSPS) is 10.3. The second kappa shape index (κ2) is 10.0. The largest absolute Gasteiger partial charge is 0.353 e. The van der Waals surface area contributed by atoms with E-state index in [4.69, 9.17) is 5.26 Å². The summed E-state index contributed by atoms with van der Waals surface area (Å²) in [4.78, 5) is 26.8. The Morgan fingerprint density at radius 2 is 1.53 bits per heavy atom. The topological polar surface area (TPSA) is 73.2 Å². The minimum Gasteiger partial charge on any atom is -0.353 e. The first kappa shape index (κ1) is 20.8. The Morgan fingerprint density at radius 1 is 0.933 bits per heavy atom. The molecular formula is C25H23N3O2. The van der Waals surface area contributed by atoms with Gasteiger partial charge in [-0.05, 0) is 29.3 Å². The molecule has 0 fully saturated rings. The molecule has 1 N–H and O–H groups in total. The first-order chi connectivity index (χ1) is 14.6. The predicted octanol–water partition coefficient (Wildman–Crippen LogP) is 3.86. The number of carbonyl (C=O) groups is 2. The molecule has 3 aromatic carbocycles. The molecule has 0 saturated carbocycles. The summed E-state index contributed by atoms with van der Waals surface area (Å²) in [6.45, 7) is 2.08. The van der Waals surface area contributed by atoms with Gasteiger partial charge in [0.15, 0.2) is 0 Å². The third-order valence-corrected chi connectivity index (χ3v) is 4.83. The molecule has 5 heteroatoms. The number of anilines is 1. The summed E-state index contributed by atoms with van der Waals surface area (Å²) in [5.74, 6) is -0.705. The zero-order valence-electron chi connectivity index (χ0n) is 16.8. The Balaban J connectivity index is 1.73. The third kappa shape index (κ3) is 5.12. The van der Waals surface area contributed by atoms with Crippen molar-refractivity contribution in [2.24, 2.45) is 0 Å². The van der Waals surface area contributed by atoms with Crippen LogP contribution in [0.5, 0.6) is 0 Å². The standard InChI is InChI=1S/C25H23N3O2/c1-19(29)28(23-14-8-9-20(17-23)18-26)16-15-27-25(30)24(21-10-4-2-5-11-21)22-12-6-3-7-13-22/h2-14,17,24H,15-16H2,1H3,(H,27,30). The number of hydrogen-bond donors (Lipinski definition) is 1. The maximum atomic E-state index is 13.1. The van der Waals surface area contributed by atoms with Gasteiger partial charge < -0.3 is 10.2 Å². The Hall–Kier alpha value is -3.91. The van der Waals surface area contributed by atoms with Gasteiger partial charge in [0.1, 0.15) is 0 Å². The highest BCUT2D eigenvalue weighted by molar-refractivity contribution is 5.92. The van der Waals surface area contributed by atoms with Gasteiger partial charge in [0, 0.05) is 25.7 Å². The van der Waals surface area contributed by atoms with Crippen LogP contribution < -0.4 is 10.2 Å². The number of rotatable bonds is 7. The zero-order valence-corrected chi connectivity index (χ0v) is 16.8. The molecule has 5 nitrogen and oxygen atoms in total. The average Bonchev–Trinajstić information content (AvgIpc) is 2.78. The van der Waals surface area contributed by atoms with Crippen LogP contribution in [0.25, 0.3) is 0 Å². The van der Waals surface area contributed by atoms with Gasteiger partial charge in [-0.25, -0.2) is 0 Å². The fourth-order valence-corrected chi connectivity index (χ4v) is 3.39. The molecule has 0 aliphatic heterocycles. The molecule has 0 radical (unpaired) electrons. The van der Waals surface area contributed by atoms with Crippen LogP contribution in [0, 0.1) is 11.3 Å². The summed E-state index contributed by atoms with van der Waals surface area (Å²) in [5.41, 5.74) is 2.94. The second-order valence-electron chi connectivity index (χ2n) is 6.88. The minimum absolute atomic E-state index is 0.123. The summed E-state index contributed by atoms with van der Waals surface area (Å²) in [5, 5.41) is 12.1. The molecule has 0 atom stereocenters. The zero-order chi connectivity index (χ0) is 21.3. The first-order valence-electron chi connectivity index (χ1n) is 9.76. The number of nitrogens with one attached hydrogen (secondary N) is 1. The molecule has 0 spiro atoms. The molecule has 0 saturated heterocycles. The molecule has 0 bridgehead atoms. The van der Waals surface area contributed by atoms with Gasteiger partial charge in [0.05, 0.1) is 17.6 Å². The second-order valence-corrected chi connectivity index (χ2v) is 6.88. The maximum absolute atomic E-state index is 13.1. The number of amides is 2. The van der Waals surface area contributed by atoms with Crippen molar-refractivity contribution in [2.45, 2.75) is 12.8 Å². The van der Waals surface area contributed by atoms with Crippen LogP contribution in [-0.2, 0) is 9.59 Å². The summed E-state index contributed by atoms with van der Waals surface area (Å²) < 4.78 is 0. The van der Waals surface area contributed by atoms with Crippen molar-refractivity contribution < 1.29 is 9.59 Å². The van der Waals surface area contributed by atoms with E-state index in [1.807, 2.05) is 60.7 Å². The Morgan fingerprint density at radius 3 is 2.07 bits per heavy atom. The average molecular weight is 397 g/mol. The van der Waals surface area contributed by atoms with E-state index in [1.165, 1.54) is 6.92 Å². The number of carbonyl (C=O) groups excluding carboxylic acids is 2. The van der Waals surface area contributed by atoms with Crippen LogP contribution in [0.2, 0.25) is 0 Å². The van der Waals surface area contributed by atoms with Crippen LogP contribution in [0.3, 0.4) is 0 Å². The van der Waals surface area contributed by atoms with Gasteiger partial charge in [0.25, 0.3) is 0 Å². The lowest BCUT2D eigenvalue weighted by atomic mass is 9.90. The van der Waals surface area contributed by atoms with Gasteiger partial charge >= 0.3 is 0 Å². The van der Waals surface area contributed by atoms with E-state index >= 15 is 0 Å². The number of hydrogen-bond acceptors (Lipinski definition) is 3. The van der Waals surface area contributed by atoms with E-state index in [0.29, 0.717) is 24.3 Å². The minimum atomic E-state index is -0.430. The summed E-state index contributed by atoms with van der Waals surface area (Å²) >= 11 is 0. The van der Waals surface area contributed by atoms with Crippen LogP contribution in [0.15, 0.2) is 84.9 Å². The molecule has 0 heterocycles. The van der Waals surface area contributed by atoms with Crippen molar-refractivity contribution in [3.8, 4) is 6.07 Å². The SMILES string of the molecule is CC(=O)N(CCNC(=O)C(c1ccccc1)c1ccccc1)c1cccc(C#N)c1. The third-order valence-electron chi connectivity index (χ3n) is 4.83. The highest BCUT2D eigenvalue weighted by Crippen LogP contribution is 2.24. The fourth-order valence-electron chi connectivity index (χ4n) is 3.39. The van der Waals surface area contributed by atoms with Crippen molar-refractivity contribution in [1.29, 1.82) is 5.26 Å². The van der Waals surface area contributed by atoms with E-state index < -0.39 is 5.92 Å². The van der Waals surface area contributed by atoms with Crippen molar-refractivity contribution >= 4 is 17.5 Å². The Kier molecular flexibility index (Phi) is 6.96. The van der Waals surface area contributed by atoms with Crippen molar-refractivity contribution in [2.75, 3.05) is 18.0 Å². The lowest BCUT2D eigenvalue weighted by Crippen LogP contribution is -2.39. The van der Waals surface area contributed by atoms with Gasteiger partial charge in [0.2, 0.25) is 11.8 Å². The molecular weight excluding hydrogens is 374 g/mol. The van der Waals surface area contributed by atoms with Gasteiger partial charge in [-0.15, -0.1) is 0 Å². The first-order valence-corrected chi connectivity index (χ1v) is 9.76. The van der Waals surface area contributed by atoms with Gasteiger partial charge in [-0.1, -0.05) is 66.7 Å². The summed E-state index contributed by atoms with van der Waals surface area (Å²) in [7, 11) is 0. The highest BCUT2D eigenvalue weighted by Gasteiger charge is 2.22. The van der Waals surface area contributed by atoms with Crippen molar-refractivity contribution in [3.05, 3.63) is 102 Å². The summed E-state index contributed by atoms with van der Waals surface area (Å²) in [6, 6.07) is 28.2. The number of nitrogens with zero attached hydrogens (tertiary/aromatic N) is 2. The number of benzene rings is 3. The van der Waals surface area contributed by atoms with Gasteiger partial charge in [-0.3, -0.25) is 9.59 Å². The van der Waals surface area contributed by atoms with Crippen molar-refractivity contribution in [3.63, 3.8) is 0 Å². The van der Waals surface area contributed by atoms with E-state index in [2.05, 4.69) is 11.4 Å². The molecule has 0 unspecified atom stereocenters. The molecule has 3 aromatic rings. The highest BCUT2D eigenvalue weighted by atomic mass is 16.2. The lowest BCUT2D eigenvalue weighted by Gasteiger charge is -2.23. The number of nitriles is 1. The molecule has 150 valence electrons. The van der Waals surface area contributed by atoms with E-state index in [9.17, 15) is 9.59 Å². The molecule has 3 rings (SSSR count). The molecule has 0 aromatic heterocycles. The van der Waals surface area contributed by atoms with E-state index in [0.717, 1.165) is 11.1 Å². The molecule has 30 heavy (non-hydrogen) atoms. The molecule has 0 aliphatic carbocycles. The fraction of sp³-hybridized carbons (Fsp3) is 0.160. The molecule has 2 amide bonds. The Bertz CT molecular complexity index is 1000. The monoisotopic (exact) mass is 397 g/mol. The van der Waals surface area contributed by atoms with Crippen LogP contribution >= 0.6 is 0 Å². The molecule has 0 aliphatic rings. The summed E-state index contributed by atoms with van der Waals surface area (Å²) in [6.07, 6.45) is 0. The van der Waals surface area contributed by atoms with Crippen LogP contribution in [-0.4, -0.2) is 24.9 Å². The van der Waals surface area contributed by atoms with Crippen LogP contribution in [0.1, 0.15) is 29.5 Å². The maximum Gasteiger partial charge on any atom is 0.232 e. The van der Waals surface area contributed by atoms with E-state index in [1.54, 1.807) is 29.2 Å². The lowest BCUT2D eigenvalue weighted by molar-refractivity contribution is -0.122. The smallest absolute Gasteiger partial charge is 0.232 e. The van der Waals surface area contributed by atoms with Crippen molar-refractivity contribution in [1.82, 2.24) is 5.32 Å². The quantitative estimate of drug-likeness (QED) is 0.658. The van der Waals surface area contributed by atoms with Crippen LogP contribution in [0.4, 0.5) is 5.69 Å². The van der Waals surface area contributed by atoms with E-state index in [-0.39, 0.29) is 11.8 Å². The van der Waals surface area contributed by atoms with Gasteiger partial charge in [-0.2, -0.15) is 5.26 Å². The Labute approximate surface area is 176 Å².